The number of benzene rings is 1. The summed E-state index contributed by atoms with van der Waals surface area (Å²) in [5, 5.41) is 1.38. The first kappa shape index (κ1) is 14.7. The molecular formula is C12H10BrCl2NS2. The van der Waals surface area contributed by atoms with Gasteiger partial charge in [-0.15, -0.1) is 23.1 Å². The highest BCUT2D eigenvalue weighted by Crippen LogP contribution is 2.40. The molecule has 0 fully saturated rings. The zero-order valence-electron chi connectivity index (χ0n) is 9.20. The number of hydrogen-bond donors (Lipinski definition) is 1. The summed E-state index contributed by atoms with van der Waals surface area (Å²) in [5.41, 5.74) is 5.84. The molecule has 6 heteroatoms. The summed E-state index contributed by atoms with van der Waals surface area (Å²) in [7, 11) is 0. The summed E-state index contributed by atoms with van der Waals surface area (Å²) >= 11 is 18.8. The van der Waals surface area contributed by atoms with Gasteiger partial charge in [-0.3, -0.25) is 0 Å². The Balaban J connectivity index is 2.17. The number of halogens is 3. The number of thioether (sulfide) groups is 1. The van der Waals surface area contributed by atoms with E-state index in [0.29, 0.717) is 16.6 Å². The highest BCUT2D eigenvalue weighted by Gasteiger charge is 2.14. The Kier molecular flexibility index (Phi) is 5.42. The van der Waals surface area contributed by atoms with Gasteiger partial charge in [0, 0.05) is 16.3 Å². The van der Waals surface area contributed by atoms with Crippen molar-refractivity contribution in [2.24, 2.45) is 5.73 Å². The number of nitrogens with two attached hydrogens (primary N) is 1. The number of rotatable bonds is 4. The first-order valence-electron chi connectivity index (χ1n) is 5.17. The summed E-state index contributed by atoms with van der Waals surface area (Å²) in [6.45, 7) is 0.581. The van der Waals surface area contributed by atoms with E-state index in [-0.39, 0.29) is 5.25 Å². The first-order chi connectivity index (χ1) is 8.60. The standard InChI is InChI=1S/C12H10BrCl2NS2/c13-12-4-3-10(18-12)11(6-16)17-7-1-2-8(14)9(15)5-7/h1-5,11H,6,16H2. The second-order valence-corrected chi connectivity index (χ2v) is 8.15. The largest absolute Gasteiger partial charge is 0.329 e. The third kappa shape index (κ3) is 3.65. The molecule has 0 aliphatic heterocycles. The lowest BCUT2D eigenvalue weighted by atomic mass is 10.3. The van der Waals surface area contributed by atoms with Crippen molar-refractivity contribution >= 4 is 62.2 Å². The maximum atomic E-state index is 6.01. The smallest absolute Gasteiger partial charge is 0.0701 e. The average molecular weight is 383 g/mol. The van der Waals surface area contributed by atoms with E-state index < -0.39 is 0 Å². The van der Waals surface area contributed by atoms with Crippen molar-refractivity contribution in [3.8, 4) is 0 Å². The molecule has 0 aliphatic rings. The Morgan fingerprint density at radius 1 is 1.22 bits per heavy atom. The van der Waals surface area contributed by atoms with Crippen LogP contribution in [0.1, 0.15) is 10.1 Å². The van der Waals surface area contributed by atoms with Crippen LogP contribution in [0.25, 0.3) is 0 Å². The molecule has 2 rings (SSSR count). The fourth-order valence-corrected chi connectivity index (χ4v) is 4.46. The Labute approximate surface area is 133 Å². The summed E-state index contributed by atoms with van der Waals surface area (Å²) in [5.74, 6) is 0. The van der Waals surface area contributed by atoms with Crippen molar-refractivity contribution in [1.82, 2.24) is 0 Å². The SMILES string of the molecule is NCC(Sc1ccc(Cl)c(Cl)c1)c1ccc(Br)s1. The molecule has 0 saturated heterocycles. The predicted molar refractivity (Wildman–Crippen MR) is 86.1 cm³/mol. The molecule has 1 nitrogen and oxygen atoms in total. The van der Waals surface area contributed by atoms with E-state index in [9.17, 15) is 0 Å². The fourth-order valence-electron chi connectivity index (χ4n) is 1.44. The zero-order chi connectivity index (χ0) is 13.1. The van der Waals surface area contributed by atoms with Crippen LogP contribution in [0.2, 0.25) is 10.0 Å². The molecular weight excluding hydrogens is 373 g/mol. The van der Waals surface area contributed by atoms with E-state index in [1.807, 2.05) is 24.3 Å². The average Bonchev–Trinajstić information content (AvgIpc) is 2.77. The topological polar surface area (TPSA) is 26.0 Å². The van der Waals surface area contributed by atoms with Crippen LogP contribution < -0.4 is 5.73 Å². The van der Waals surface area contributed by atoms with Crippen molar-refractivity contribution in [2.45, 2.75) is 10.1 Å². The van der Waals surface area contributed by atoms with Crippen LogP contribution in [0.15, 0.2) is 39.0 Å². The van der Waals surface area contributed by atoms with Crippen molar-refractivity contribution < 1.29 is 0 Å². The van der Waals surface area contributed by atoms with Crippen molar-refractivity contribution in [3.63, 3.8) is 0 Å². The Hall–Kier alpha value is 0.290. The molecule has 2 aromatic rings. The van der Waals surface area contributed by atoms with E-state index in [1.54, 1.807) is 23.1 Å². The Bertz CT molecular complexity index is 545. The Morgan fingerprint density at radius 3 is 2.56 bits per heavy atom. The lowest BCUT2D eigenvalue weighted by Gasteiger charge is -2.13. The molecule has 1 heterocycles. The van der Waals surface area contributed by atoms with Crippen LogP contribution in [0.5, 0.6) is 0 Å². The summed E-state index contributed by atoms with van der Waals surface area (Å²) < 4.78 is 1.12. The molecule has 1 aromatic heterocycles. The van der Waals surface area contributed by atoms with Gasteiger partial charge >= 0.3 is 0 Å². The zero-order valence-corrected chi connectivity index (χ0v) is 13.9. The van der Waals surface area contributed by atoms with Crippen molar-refractivity contribution in [3.05, 3.63) is 49.0 Å². The third-order valence-electron chi connectivity index (χ3n) is 2.29. The van der Waals surface area contributed by atoms with Gasteiger partial charge in [0.2, 0.25) is 0 Å². The lowest BCUT2D eigenvalue weighted by Crippen LogP contribution is -2.07. The molecule has 96 valence electrons. The van der Waals surface area contributed by atoms with Crippen molar-refractivity contribution in [1.29, 1.82) is 0 Å². The van der Waals surface area contributed by atoms with Gasteiger partial charge < -0.3 is 5.73 Å². The van der Waals surface area contributed by atoms with E-state index in [1.165, 1.54) is 4.88 Å². The highest BCUT2D eigenvalue weighted by atomic mass is 79.9. The minimum atomic E-state index is 0.235. The summed E-state index contributed by atoms with van der Waals surface area (Å²) in [6.07, 6.45) is 0. The summed E-state index contributed by atoms with van der Waals surface area (Å²) in [4.78, 5) is 2.32. The lowest BCUT2D eigenvalue weighted by molar-refractivity contribution is 0.960. The molecule has 1 atom stereocenters. The molecule has 0 radical (unpaired) electrons. The third-order valence-corrected chi connectivity index (χ3v) is 6.18. The molecule has 0 bridgehead atoms. The van der Waals surface area contributed by atoms with Gasteiger partial charge in [0.05, 0.1) is 19.1 Å². The quantitative estimate of drug-likeness (QED) is 0.695. The molecule has 0 saturated carbocycles. The van der Waals surface area contributed by atoms with Gasteiger partial charge in [-0.25, -0.2) is 0 Å². The minimum Gasteiger partial charge on any atom is -0.329 e. The van der Waals surface area contributed by atoms with Crippen LogP contribution in [0.4, 0.5) is 0 Å². The molecule has 1 aromatic carbocycles. The van der Waals surface area contributed by atoms with Crippen molar-refractivity contribution in [2.75, 3.05) is 6.54 Å². The summed E-state index contributed by atoms with van der Waals surface area (Å²) in [6, 6.07) is 9.78. The minimum absolute atomic E-state index is 0.235. The molecule has 18 heavy (non-hydrogen) atoms. The van der Waals surface area contributed by atoms with E-state index in [0.717, 1.165) is 8.68 Å². The number of hydrogen-bond acceptors (Lipinski definition) is 3. The molecule has 0 aliphatic carbocycles. The van der Waals surface area contributed by atoms with Crippen LogP contribution in [-0.2, 0) is 0 Å². The van der Waals surface area contributed by atoms with E-state index in [4.69, 9.17) is 28.9 Å². The van der Waals surface area contributed by atoms with E-state index in [2.05, 4.69) is 22.0 Å². The molecule has 0 spiro atoms. The molecule has 2 N–H and O–H groups in total. The van der Waals surface area contributed by atoms with Gasteiger partial charge in [0.25, 0.3) is 0 Å². The molecule has 0 amide bonds. The van der Waals surface area contributed by atoms with E-state index >= 15 is 0 Å². The fraction of sp³-hybridized carbons (Fsp3) is 0.167. The second-order valence-electron chi connectivity index (χ2n) is 3.56. The van der Waals surface area contributed by atoms with Crippen LogP contribution in [0.3, 0.4) is 0 Å². The van der Waals surface area contributed by atoms with Crippen LogP contribution in [0, 0.1) is 0 Å². The number of thiophene rings is 1. The normalized spacial score (nSPS) is 12.7. The van der Waals surface area contributed by atoms with Gasteiger partial charge in [-0.1, -0.05) is 23.2 Å². The Morgan fingerprint density at radius 2 is 2.00 bits per heavy atom. The first-order valence-corrected chi connectivity index (χ1v) is 8.41. The maximum absolute atomic E-state index is 6.01. The predicted octanol–water partition coefficient (Wildman–Crippen LogP) is 5.61. The highest BCUT2D eigenvalue weighted by molar-refractivity contribution is 9.11. The molecule has 1 unspecified atom stereocenters. The van der Waals surface area contributed by atoms with Crippen LogP contribution >= 0.6 is 62.2 Å². The van der Waals surface area contributed by atoms with Gasteiger partial charge in [-0.05, 0) is 46.3 Å². The maximum Gasteiger partial charge on any atom is 0.0701 e. The second kappa shape index (κ2) is 6.64. The van der Waals surface area contributed by atoms with Gasteiger partial charge in [0.15, 0.2) is 0 Å². The van der Waals surface area contributed by atoms with Gasteiger partial charge in [0.1, 0.15) is 0 Å². The monoisotopic (exact) mass is 381 g/mol. The van der Waals surface area contributed by atoms with Crippen LogP contribution in [-0.4, -0.2) is 6.54 Å². The van der Waals surface area contributed by atoms with Gasteiger partial charge in [-0.2, -0.15) is 0 Å².